The third kappa shape index (κ3) is 4.38. The average Bonchev–Trinajstić information content (AvgIpc) is 2.31. The molecule has 17 heavy (non-hydrogen) atoms. The number of carbonyl (C=O) groups is 1. The maximum absolute atomic E-state index is 11.5. The number of halogens is 1. The van der Waals surface area contributed by atoms with E-state index in [1.807, 2.05) is 38.1 Å². The second-order valence-corrected chi connectivity index (χ2v) is 4.73. The van der Waals surface area contributed by atoms with Crippen LogP contribution >= 0.6 is 15.9 Å². The Morgan fingerprint density at radius 1 is 1.29 bits per heavy atom. The number of hydrogen-bond donors (Lipinski definition) is 0. The number of benzene rings is 1. The second kappa shape index (κ2) is 6.64. The minimum Gasteiger partial charge on any atom is -0.490 e. The van der Waals surface area contributed by atoms with Crippen molar-refractivity contribution in [1.82, 2.24) is 0 Å². The highest BCUT2D eigenvalue weighted by molar-refractivity contribution is 9.10. The van der Waals surface area contributed by atoms with Crippen LogP contribution in [-0.2, 0) is 9.53 Å². The summed E-state index contributed by atoms with van der Waals surface area (Å²) in [7, 11) is 0. The molecule has 0 saturated carbocycles. The molecule has 0 aliphatic rings. The average molecular weight is 301 g/mol. The molecule has 1 aromatic rings. The lowest BCUT2D eigenvalue weighted by atomic mass is 10.1. The van der Waals surface area contributed by atoms with Gasteiger partial charge in [0.25, 0.3) is 0 Å². The molecule has 0 fully saturated rings. The van der Waals surface area contributed by atoms with Gasteiger partial charge in [-0.25, -0.2) is 0 Å². The fourth-order valence-electron chi connectivity index (χ4n) is 1.30. The van der Waals surface area contributed by atoms with Crippen LogP contribution in [0.4, 0.5) is 0 Å². The predicted molar refractivity (Wildman–Crippen MR) is 70.0 cm³/mol. The largest absolute Gasteiger partial charge is 0.490 e. The van der Waals surface area contributed by atoms with Crippen molar-refractivity contribution in [2.24, 2.45) is 5.92 Å². The molecule has 3 nitrogen and oxygen atoms in total. The highest BCUT2D eigenvalue weighted by atomic mass is 79.9. The van der Waals surface area contributed by atoms with Crippen molar-refractivity contribution in [2.45, 2.75) is 26.9 Å². The van der Waals surface area contributed by atoms with E-state index in [2.05, 4.69) is 15.9 Å². The molecule has 0 radical (unpaired) electrons. The number of carbonyl (C=O) groups excluding carboxylic acids is 1. The van der Waals surface area contributed by atoms with Crippen molar-refractivity contribution in [1.29, 1.82) is 0 Å². The lowest BCUT2D eigenvalue weighted by Gasteiger charge is -2.20. The van der Waals surface area contributed by atoms with Gasteiger partial charge in [-0.2, -0.15) is 0 Å². The van der Waals surface area contributed by atoms with E-state index in [1.165, 1.54) is 0 Å². The van der Waals surface area contributed by atoms with Crippen LogP contribution in [0.2, 0.25) is 0 Å². The summed E-state index contributed by atoms with van der Waals surface area (Å²) in [6.45, 7) is 5.87. The van der Waals surface area contributed by atoms with Gasteiger partial charge in [0, 0.05) is 4.47 Å². The third-order valence-corrected chi connectivity index (χ3v) is 3.03. The Labute approximate surface area is 110 Å². The van der Waals surface area contributed by atoms with Crippen LogP contribution in [0.15, 0.2) is 28.7 Å². The molecule has 0 aliphatic heterocycles. The van der Waals surface area contributed by atoms with E-state index in [4.69, 9.17) is 9.47 Å². The van der Waals surface area contributed by atoms with Crippen LogP contribution in [0.5, 0.6) is 5.75 Å². The van der Waals surface area contributed by atoms with Crippen molar-refractivity contribution in [3.05, 3.63) is 28.7 Å². The Balaban J connectivity index is 2.56. The Kier molecular flexibility index (Phi) is 5.48. The number of rotatable bonds is 5. The number of ether oxygens (including phenoxy) is 2. The Morgan fingerprint density at radius 3 is 2.41 bits per heavy atom. The van der Waals surface area contributed by atoms with Gasteiger partial charge in [0.2, 0.25) is 0 Å². The Bertz CT molecular complexity index is 361. The molecule has 2 unspecified atom stereocenters. The number of esters is 1. The van der Waals surface area contributed by atoms with Crippen molar-refractivity contribution in [3.8, 4) is 5.75 Å². The van der Waals surface area contributed by atoms with Crippen molar-refractivity contribution in [2.75, 3.05) is 6.61 Å². The topological polar surface area (TPSA) is 35.5 Å². The normalized spacial score (nSPS) is 13.9. The molecule has 0 amide bonds. The maximum atomic E-state index is 11.5. The van der Waals surface area contributed by atoms with Crippen LogP contribution in [0.25, 0.3) is 0 Å². The summed E-state index contributed by atoms with van der Waals surface area (Å²) in [6.07, 6.45) is -0.213. The fraction of sp³-hybridized carbons (Fsp3) is 0.462. The van der Waals surface area contributed by atoms with Gasteiger partial charge in [0.1, 0.15) is 11.9 Å². The summed E-state index contributed by atoms with van der Waals surface area (Å²) in [5.41, 5.74) is 0. The lowest BCUT2D eigenvalue weighted by Crippen LogP contribution is -2.29. The molecule has 94 valence electrons. The van der Waals surface area contributed by atoms with E-state index in [0.29, 0.717) is 6.61 Å². The van der Waals surface area contributed by atoms with Crippen LogP contribution in [0.1, 0.15) is 20.8 Å². The monoisotopic (exact) mass is 300 g/mol. The molecule has 1 aromatic carbocycles. The first kappa shape index (κ1) is 14.0. The Hall–Kier alpha value is -1.03. The minimum absolute atomic E-state index is 0.213. The van der Waals surface area contributed by atoms with E-state index in [0.717, 1.165) is 10.2 Å². The smallest absolute Gasteiger partial charge is 0.312 e. The van der Waals surface area contributed by atoms with Crippen LogP contribution in [0, 0.1) is 5.92 Å². The number of hydrogen-bond acceptors (Lipinski definition) is 3. The van der Waals surface area contributed by atoms with E-state index < -0.39 is 0 Å². The molecule has 0 spiro atoms. The van der Waals surface area contributed by atoms with E-state index in [1.54, 1.807) is 6.92 Å². The zero-order chi connectivity index (χ0) is 12.8. The van der Waals surface area contributed by atoms with E-state index >= 15 is 0 Å². The first-order valence-electron chi connectivity index (χ1n) is 5.63. The summed E-state index contributed by atoms with van der Waals surface area (Å²) >= 11 is 3.35. The SMILES string of the molecule is CCOC(=O)C(C)C(C)Oc1ccc(Br)cc1. The summed E-state index contributed by atoms with van der Waals surface area (Å²) in [6, 6.07) is 7.52. The van der Waals surface area contributed by atoms with Gasteiger partial charge in [-0.1, -0.05) is 15.9 Å². The van der Waals surface area contributed by atoms with Gasteiger partial charge >= 0.3 is 5.97 Å². The highest BCUT2D eigenvalue weighted by Gasteiger charge is 2.22. The maximum Gasteiger partial charge on any atom is 0.312 e. The van der Waals surface area contributed by atoms with Gasteiger partial charge in [-0.15, -0.1) is 0 Å². The fourth-order valence-corrected chi connectivity index (χ4v) is 1.56. The van der Waals surface area contributed by atoms with Crippen LogP contribution < -0.4 is 4.74 Å². The summed E-state index contributed by atoms with van der Waals surface area (Å²) < 4.78 is 11.6. The zero-order valence-electron chi connectivity index (χ0n) is 10.3. The minimum atomic E-state index is -0.279. The van der Waals surface area contributed by atoms with E-state index in [-0.39, 0.29) is 18.0 Å². The van der Waals surface area contributed by atoms with E-state index in [9.17, 15) is 4.79 Å². The summed E-state index contributed by atoms with van der Waals surface area (Å²) in [4.78, 5) is 11.5. The third-order valence-electron chi connectivity index (χ3n) is 2.50. The first-order chi connectivity index (χ1) is 8.04. The molecule has 0 bridgehead atoms. The summed E-state index contributed by atoms with van der Waals surface area (Å²) in [5, 5.41) is 0. The molecular weight excluding hydrogens is 284 g/mol. The summed E-state index contributed by atoms with van der Waals surface area (Å²) in [5.74, 6) is 0.243. The molecule has 0 N–H and O–H groups in total. The molecule has 4 heteroatoms. The molecule has 2 atom stereocenters. The standard InChI is InChI=1S/C13H17BrO3/c1-4-16-13(15)9(2)10(3)17-12-7-5-11(14)6-8-12/h5-10H,4H2,1-3H3. The van der Waals surface area contributed by atoms with Crippen LogP contribution in [-0.4, -0.2) is 18.7 Å². The van der Waals surface area contributed by atoms with Gasteiger partial charge in [0.05, 0.1) is 12.5 Å². The van der Waals surface area contributed by atoms with Crippen molar-refractivity contribution in [3.63, 3.8) is 0 Å². The second-order valence-electron chi connectivity index (χ2n) is 3.82. The van der Waals surface area contributed by atoms with Gasteiger partial charge in [0.15, 0.2) is 0 Å². The van der Waals surface area contributed by atoms with Crippen molar-refractivity contribution < 1.29 is 14.3 Å². The highest BCUT2D eigenvalue weighted by Crippen LogP contribution is 2.19. The quantitative estimate of drug-likeness (QED) is 0.782. The van der Waals surface area contributed by atoms with Gasteiger partial charge in [-0.3, -0.25) is 4.79 Å². The van der Waals surface area contributed by atoms with Gasteiger partial charge in [-0.05, 0) is 45.0 Å². The lowest BCUT2D eigenvalue weighted by molar-refractivity contribution is -0.150. The molecule has 0 saturated heterocycles. The first-order valence-corrected chi connectivity index (χ1v) is 6.42. The molecular formula is C13H17BrO3. The zero-order valence-corrected chi connectivity index (χ0v) is 11.9. The van der Waals surface area contributed by atoms with Crippen LogP contribution in [0.3, 0.4) is 0 Å². The Morgan fingerprint density at radius 2 is 1.88 bits per heavy atom. The molecule has 0 aliphatic carbocycles. The van der Waals surface area contributed by atoms with Crippen molar-refractivity contribution >= 4 is 21.9 Å². The predicted octanol–water partition coefficient (Wildman–Crippen LogP) is 3.42. The molecule has 0 aromatic heterocycles. The molecule has 0 heterocycles. The van der Waals surface area contributed by atoms with Gasteiger partial charge < -0.3 is 9.47 Å². The molecule has 1 rings (SSSR count).